The van der Waals surface area contributed by atoms with Gasteiger partial charge in [-0.3, -0.25) is 4.79 Å². The van der Waals surface area contributed by atoms with Gasteiger partial charge in [0, 0.05) is 17.8 Å². The smallest absolute Gasteiger partial charge is 0.323 e. The third-order valence-corrected chi connectivity index (χ3v) is 6.55. The first-order valence-corrected chi connectivity index (χ1v) is 10.7. The number of carbonyl (C=O) groups is 2. The summed E-state index contributed by atoms with van der Waals surface area (Å²) in [6.45, 7) is 4.18. The highest BCUT2D eigenvalue weighted by Gasteiger charge is 2.48. The molecule has 0 spiro atoms. The van der Waals surface area contributed by atoms with Gasteiger partial charge in [0.25, 0.3) is 0 Å². The minimum Gasteiger partial charge on any atom is -0.508 e. The summed E-state index contributed by atoms with van der Waals surface area (Å²) >= 11 is 0. The van der Waals surface area contributed by atoms with Gasteiger partial charge in [0.15, 0.2) is 0 Å². The zero-order valence-electron chi connectivity index (χ0n) is 18.2. The number of anilines is 2. The molecule has 7 heteroatoms. The Balaban J connectivity index is 1.67. The number of fused-ring (bicyclic) bond motifs is 1. The van der Waals surface area contributed by atoms with Crippen LogP contribution < -0.4 is 15.4 Å². The predicted molar refractivity (Wildman–Crippen MR) is 120 cm³/mol. The highest BCUT2D eigenvalue weighted by Crippen LogP contribution is 2.40. The van der Waals surface area contributed by atoms with Gasteiger partial charge in [-0.25, -0.2) is 4.79 Å². The fraction of sp³-hybridized carbons (Fsp3) is 0.417. The molecule has 2 aromatic rings. The average molecular weight is 424 g/mol. The van der Waals surface area contributed by atoms with Crippen molar-refractivity contribution < 1.29 is 19.4 Å². The van der Waals surface area contributed by atoms with E-state index in [-0.39, 0.29) is 17.7 Å². The van der Waals surface area contributed by atoms with Gasteiger partial charge in [-0.1, -0.05) is 25.3 Å². The molecule has 4 rings (SSSR count). The van der Waals surface area contributed by atoms with Gasteiger partial charge in [-0.05, 0) is 55.5 Å². The van der Waals surface area contributed by atoms with Crippen LogP contribution in [0.2, 0.25) is 0 Å². The lowest BCUT2D eigenvalue weighted by Gasteiger charge is -2.47. The summed E-state index contributed by atoms with van der Waals surface area (Å²) in [5.41, 5.74) is 3.12. The predicted octanol–water partition coefficient (Wildman–Crippen LogP) is 4.71. The van der Waals surface area contributed by atoms with E-state index in [1.807, 2.05) is 32.0 Å². The van der Waals surface area contributed by atoms with E-state index in [9.17, 15) is 14.7 Å². The Morgan fingerprint density at radius 1 is 1.13 bits per heavy atom. The molecule has 1 aliphatic heterocycles. The van der Waals surface area contributed by atoms with Crippen LogP contribution in [0.5, 0.6) is 11.5 Å². The number of aromatic hydroxyl groups is 1. The largest absolute Gasteiger partial charge is 0.508 e. The van der Waals surface area contributed by atoms with Crippen molar-refractivity contribution in [2.45, 2.75) is 58.0 Å². The second-order valence-electron chi connectivity index (χ2n) is 8.54. The number of phenols is 1. The van der Waals surface area contributed by atoms with Gasteiger partial charge in [0.1, 0.15) is 17.0 Å². The van der Waals surface area contributed by atoms with E-state index in [0.717, 1.165) is 36.0 Å². The van der Waals surface area contributed by atoms with Gasteiger partial charge >= 0.3 is 6.03 Å². The zero-order chi connectivity index (χ0) is 22.2. The lowest BCUT2D eigenvalue weighted by Crippen LogP contribution is -2.61. The van der Waals surface area contributed by atoms with Gasteiger partial charge in [-0.15, -0.1) is 0 Å². The van der Waals surface area contributed by atoms with Crippen LogP contribution in [0.25, 0.3) is 0 Å². The Hall–Kier alpha value is -3.22. The number of methoxy groups -OCH3 is 1. The van der Waals surface area contributed by atoms with Crippen LogP contribution in [-0.2, 0) is 11.3 Å². The minimum atomic E-state index is -0.928. The summed E-state index contributed by atoms with van der Waals surface area (Å²) in [7, 11) is 1.60. The van der Waals surface area contributed by atoms with Gasteiger partial charge < -0.3 is 25.4 Å². The van der Waals surface area contributed by atoms with Crippen molar-refractivity contribution in [1.29, 1.82) is 0 Å². The van der Waals surface area contributed by atoms with Crippen molar-refractivity contribution in [2.75, 3.05) is 17.7 Å². The molecule has 0 saturated heterocycles. The summed E-state index contributed by atoms with van der Waals surface area (Å²) < 4.78 is 5.39. The number of nitrogens with zero attached hydrogens (tertiary/aromatic N) is 1. The fourth-order valence-electron chi connectivity index (χ4n) is 4.78. The normalized spacial score (nSPS) is 17.5. The van der Waals surface area contributed by atoms with Crippen molar-refractivity contribution in [3.63, 3.8) is 0 Å². The first-order chi connectivity index (χ1) is 14.8. The third kappa shape index (κ3) is 3.80. The van der Waals surface area contributed by atoms with Crippen LogP contribution in [0, 0.1) is 13.8 Å². The molecule has 1 saturated carbocycles. The molecule has 3 N–H and O–H groups in total. The maximum absolute atomic E-state index is 13.7. The molecule has 31 heavy (non-hydrogen) atoms. The van der Waals surface area contributed by atoms with Crippen LogP contribution >= 0.6 is 0 Å². The Labute approximate surface area is 182 Å². The van der Waals surface area contributed by atoms with E-state index in [1.54, 1.807) is 24.1 Å². The second-order valence-corrected chi connectivity index (χ2v) is 8.54. The molecular weight excluding hydrogens is 394 g/mol. The highest BCUT2D eigenvalue weighted by molar-refractivity contribution is 6.03. The number of carbonyl (C=O) groups excluding carboxylic acids is 2. The molecule has 164 valence electrons. The first kappa shape index (κ1) is 21.0. The molecule has 0 radical (unpaired) electrons. The fourth-order valence-corrected chi connectivity index (χ4v) is 4.78. The van der Waals surface area contributed by atoms with Crippen LogP contribution in [0.15, 0.2) is 30.3 Å². The molecule has 2 aliphatic rings. The van der Waals surface area contributed by atoms with Crippen molar-refractivity contribution in [2.24, 2.45) is 0 Å². The average Bonchev–Trinajstić information content (AvgIpc) is 2.75. The number of nitrogens with one attached hydrogen (secondary N) is 2. The first-order valence-electron chi connectivity index (χ1n) is 10.7. The molecule has 1 fully saturated rings. The molecular formula is C24H29N3O4. The number of urea groups is 1. The van der Waals surface area contributed by atoms with Crippen molar-refractivity contribution >= 4 is 23.3 Å². The van der Waals surface area contributed by atoms with E-state index in [0.29, 0.717) is 36.5 Å². The number of aryl methyl sites for hydroxylation is 2. The summed E-state index contributed by atoms with van der Waals surface area (Å²) in [6.07, 6.45) is 4.04. The third-order valence-electron chi connectivity index (χ3n) is 6.55. The molecule has 1 heterocycles. The van der Waals surface area contributed by atoms with E-state index < -0.39 is 5.54 Å². The summed E-state index contributed by atoms with van der Waals surface area (Å²) in [5, 5.41) is 15.8. The molecule has 0 bridgehead atoms. The van der Waals surface area contributed by atoms with Crippen molar-refractivity contribution in [3.8, 4) is 11.5 Å². The molecule has 7 nitrogen and oxygen atoms in total. The molecule has 0 aromatic heterocycles. The second kappa shape index (κ2) is 8.13. The van der Waals surface area contributed by atoms with Crippen LogP contribution in [-0.4, -0.2) is 34.6 Å². The Kier molecular flexibility index (Phi) is 5.52. The number of ether oxygens (including phenoxy) is 1. The molecule has 3 amide bonds. The summed E-state index contributed by atoms with van der Waals surface area (Å²) in [5.74, 6) is 0.646. The van der Waals surface area contributed by atoms with Crippen LogP contribution in [0.4, 0.5) is 16.2 Å². The Bertz CT molecular complexity index is 1030. The lowest BCUT2D eigenvalue weighted by molar-refractivity contribution is -0.128. The maximum atomic E-state index is 13.7. The number of hydrogen-bond acceptors (Lipinski definition) is 4. The number of hydrogen-bond donors (Lipinski definition) is 3. The number of amides is 3. The maximum Gasteiger partial charge on any atom is 0.323 e. The monoisotopic (exact) mass is 423 g/mol. The van der Waals surface area contributed by atoms with E-state index in [2.05, 4.69) is 10.6 Å². The van der Waals surface area contributed by atoms with E-state index in [4.69, 9.17) is 4.74 Å². The molecule has 0 unspecified atom stereocenters. The topological polar surface area (TPSA) is 90.9 Å². The van der Waals surface area contributed by atoms with Crippen molar-refractivity contribution in [1.82, 2.24) is 4.90 Å². The quantitative estimate of drug-likeness (QED) is 0.664. The van der Waals surface area contributed by atoms with E-state index >= 15 is 0 Å². The Morgan fingerprint density at radius 3 is 2.58 bits per heavy atom. The lowest BCUT2D eigenvalue weighted by atomic mass is 9.78. The van der Waals surface area contributed by atoms with Gasteiger partial charge in [-0.2, -0.15) is 0 Å². The SMILES string of the molecule is COc1cc(NC(=O)C2(N3Cc4c(C)cc(O)cc4NC3=O)CCCCC2)ccc1C. The van der Waals surface area contributed by atoms with Gasteiger partial charge in [0.2, 0.25) is 5.91 Å². The standard InChI is InChI=1S/C24H29N3O4/c1-15-7-8-17(12-21(15)31-3)25-22(29)24(9-5-4-6-10-24)27-14-19-16(2)11-18(28)13-20(19)26-23(27)30/h7-8,11-13,28H,4-6,9-10,14H2,1-3H3,(H,25,29)(H,26,30). The molecule has 1 aliphatic carbocycles. The van der Waals surface area contributed by atoms with E-state index in [1.165, 1.54) is 0 Å². The zero-order valence-corrected chi connectivity index (χ0v) is 18.2. The summed E-state index contributed by atoms with van der Waals surface area (Å²) in [6, 6.07) is 8.50. The number of rotatable bonds is 4. The van der Waals surface area contributed by atoms with Crippen LogP contribution in [0.3, 0.4) is 0 Å². The van der Waals surface area contributed by atoms with Gasteiger partial charge in [0.05, 0.1) is 19.3 Å². The number of benzene rings is 2. The minimum absolute atomic E-state index is 0.114. The highest BCUT2D eigenvalue weighted by atomic mass is 16.5. The van der Waals surface area contributed by atoms with Crippen molar-refractivity contribution in [3.05, 3.63) is 47.0 Å². The molecule has 0 atom stereocenters. The van der Waals surface area contributed by atoms with Crippen LogP contribution in [0.1, 0.15) is 48.8 Å². The molecule has 2 aromatic carbocycles. The Morgan fingerprint density at radius 2 is 1.87 bits per heavy atom. The summed E-state index contributed by atoms with van der Waals surface area (Å²) in [4.78, 5) is 28.5. The number of phenolic OH excluding ortho intramolecular Hbond substituents is 1.